The third-order valence-electron chi connectivity index (χ3n) is 4.87. The molecule has 2 aromatic rings. The van der Waals surface area contributed by atoms with Crippen LogP contribution in [0.25, 0.3) is 11.3 Å². The highest BCUT2D eigenvalue weighted by Gasteiger charge is 2.36. The van der Waals surface area contributed by atoms with Crippen molar-refractivity contribution in [2.75, 3.05) is 13.7 Å². The molecule has 0 bridgehead atoms. The number of carboxylic acids is 1. The van der Waals surface area contributed by atoms with Crippen molar-refractivity contribution in [2.45, 2.75) is 44.8 Å². The molecular formula is C20H24N2O5. The van der Waals surface area contributed by atoms with Gasteiger partial charge in [-0.3, -0.25) is 9.59 Å². The molecule has 1 saturated heterocycles. The molecule has 0 radical (unpaired) electrons. The van der Waals surface area contributed by atoms with Crippen molar-refractivity contribution in [3.63, 3.8) is 0 Å². The standard InChI is InChI=1S/C20H24N2O5/c1-13-20(14-6-4-3-5-7-14)27-17(21-13)8-9-18(23)22-12-16(26-2)10-15(22)11-19(24)25/h3-7,15-16H,8-12H2,1-2H3,(H,24,25). The Kier molecular flexibility index (Phi) is 5.91. The van der Waals surface area contributed by atoms with Gasteiger partial charge in [0.1, 0.15) is 0 Å². The van der Waals surface area contributed by atoms with Gasteiger partial charge in [-0.05, 0) is 13.3 Å². The van der Waals surface area contributed by atoms with Gasteiger partial charge in [-0.15, -0.1) is 0 Å². The van der Waals surface area contributed by atoms with Crippen LogP contribution in [-0.4, -0.2) is 52.7 Å². The van der Waals surface area contributed by atoms with E-state index in [1.165, 1.54) is 0 Å². The summed E-state index contributed by atoms with van der Waals surface area (Å²) in [5.74, 6) is 0.211. The maximum Gasteiger partial charge on any atom is 0.305 e. The Morgan fingerprint density at radius 3 is 2.74 bits per heavy atom. The van der Waals surface area contributed by atoms with Gasteiger partial charge in [0.25, 0.3) is 0 Å². The van der Waals surface area contributed by atoms with Crippen molar-refractivity contribution in [3.05, 3.63) is 41.9 Å². The normalized spacial score (nSPS) is 19.4. The molecule has 0 spiro atoms. The molecule has 2 heterocycles. The minimum atomic E-state index is -0.912. The van der Waals surface area contributed by atoms with Crippen LogP contribution in [-0.2, 0) is 20.7 Å². The van der Waals surface area contributed by atoms with Crippen LogP contribution in [0.4, 0.5) is 0 Å². The molecule has 1 fully saturated rings. The Bertz CT molecular complexity index is 802. The highest BCUT2D eigenvalue weighted by molar-refractivity contribution is 5.78. The fourth-order valence-corrected chi connectivity index (χ4v) is 3.52. The molecule has 1 aromatic heterocycles. The van der Waals surface area contributed by atoms with Crippen molar-refractivity contribution in [3.8, 4) is 11.3 Å². The highest BCUT2D eigenvalue weighted by Crippen LogP contribution is 2.26. The molecule has 144 valence electrons. The fourth-order valence-electron chi connectivity index (χ4n) is 3.52. The molecule has 1 N–H and O–H groups in total. The van der Waals surface area contributed by atoms with E-state index in [9.17, 15) is 9.59 Å². The van der Waals surface area contributed by atoms with Gasteiger partial charge in [0.05, 0.1) is 18.2 Å². The van der Waals surface area contributed by atoms with Gasteiger partial charge in [-0.1, -0.05) is 30.3 Å². The van der Waals surface area contributed by atoms with Crippen LogP contribution in [0.3, 0.4) is 0 Å². The lowest BCUT2D eigenvalue weighted by atomic mass is 10.1. The van der Waals surface area contributed by atoms with E-state index in [1.807, 2.05) is 37.3 Å². The molecule has 0 saturated carbocycles. The van der Waals surface area contributed by atoms with Crippen molar-refractivity contribution >= 4 is 11.9 Å². The first-order valence-corrected chi connectivity index (χ1v) is 9.03. The lowest BCUT2D eigenvalue weighted by Gasteiger charge is -2.23. The number of carbonyl (C=O) groups excluding carboxylic acids is 1. The van der Waals surface area contributed by atoms with Gasteiger partial charge in [-0.25, -0.2) is 4.98 Å². The molecule has 1 aromatic carbocycles. The van der Waals surface area contributed by atoms with Crippen LogP contribution in [0.2, 0.25) is 0 Å². The smallest absolute Gasteiger partial charge is 0.305 e. The number of hydrogen-bond donors (Lipinski definition) is 1. The summed E-state index contributed by atoms with van der Waals surface area (Å²) in [4.78, 5) is 29.8. The van der Waals surface area contributed by atoms with E-state index in [2.05, 4.69) is 4.98 Å². The van der Waals surface area contributed by atoms with Crippen LogP contribution in [0.15, 0.2) is 34.7 Å². The Labute approximate surface area is 158 Å². The summed E-state index contributed by atoms with van der Waals surface area (Å²) in [5, 5.41) is 9.08. The maximum atomic E-state index is 12.6. The van der Waals surface area contributed by atoms with Gasteiger partial charge >= 0.3 is 5.97 Å². The number of hydrogen-bond acceptors (Lipinski definition) is 5. The Hall–Kier alpha value is -2.67. The Morgan fingerprint density at radius 1 is 1.33 bits per heavy atom. The van der Waals surface area contributed by atoms with Crippen LogP contribution in [0.5, 0.6) is 0 Å². The number of carbonyl (C=O) groups is 2. The number of ether oxygens (including phenoxy) is 1. The number of oxazole rings is 1. The third kappa shape index (κ3) is 4.54. The van der Waals surface area contributed by atoms with Crippen molar-refractivity contribution in [2.24, 2.45) is 0 Å². The summed E-state index contributed by atoms with van der Waals surface area (Å²) in [6.07, 6.45) is 0.959. The summed E-state index contributed by atoms with van der Waals surface area (Å²) >= 11 is 0. The second kappa shape index (κ2) is 8.35. The van der Waals surface area contributed by atoms with Gasteiger partial charge in [0, 0.05) is 38.1 Å². The van der Waals surface area contributed by atoms with Crippen LogP contribution in [0, 0.1) is 6.92 Å². The third-order valence-corrected chi connectivity index (χ3v) is 4.87. The zero-order valence-corrected chi connectivity index (χ0v) is 15.6. The van der Waals surface area contributed by atoms with E-state index in [0.29, 0.717) is 31.0 Å². The average Bonchev–Trinajstić information content (AvgIpc) is 3.23. The summed E-state index contributed by atoms with van der Waals surface area (Å²) in [7, 11) is 1.58. The number of likely N-dealkylation sites (tertiary alicyclic amines) is 1. The molecule has 1 aliphatic rings. The molecule has 1 amide bonds. The summed E-state index contributed by atoms with van der Waals surface area (Å²) in [6, 6.07) is 9.38. The number of nitrogens with zero attached hydrogens (tertiary/aromatic N) is 2. The predicted octanol–water partition coefficient (Wildman–Crippen LogP) is 2.67. The van der Waals surface area contributed by atoms with E-state index in [0.717, 1.165) is 11.3 Å². The molecule has 3 rings (SSSR count). The molecule has 2 atom stereocenters. The second-order valence-electron chi connectivity index (χ2n) is 6.78. The van der Waals surface area contributed by atoms with Crippen molar-refractivity contribution in [1.29, 1.82) is 0 Å². The van der Waals surface area contributed by atoms with E-state index in [-0.39, 0.29) is 30.9 Å². The first kappa shape index (κ1) is 19.1. The zero-order valence-electron chi connectivity index (χ0n) is 15.6. The minimum Gasteiger partial charge on any atom is -0.481 e. The first-order valence-electron chi connectivity index (χ1n) is 9.03. The lowest BCUT2D eigenvalue weighted by Crippen LogP contribution is -2.37. The number of benzene rings is 1. The van der Waals surface area contributed by atoms with E-state index >= 15 is 0 Å². The summed E-state index contributed by atoms with van der Waals surface area (Å²) in [6.45, 7) is 2.30. The molecule has 0 aliphatic carbocycles. The number of carboxylic acid groups (broad SMARTS) is 1. The Morgan fingerprint density at radius 2 is 2.07 bits per heavy atom. The lowest BCUT2D eigenvalue weighted by molar-refractivity contribution is -0.139. The number of aromatic nitrogens is 1. The number of aliphatic carboxylic acids is 1. The van der Waals surface area contributed by atoms with Gasteiger partial charge in [0.2, 0.25) is 5.91 Å². The number of rotatable bonds is 7. The zero-order chi connectivity index (χ0) is 19.4. The van der Waals surface area contributed by atoms with Gasteiger partial charge < -0.3 is 19.2 Å². The molecule has 1 aliphatic heterocycles. The van der Waals surface area contributed by atoms with E-state index in [4.69, 9.17) is 14.3 Å². The maximum absolute atomic E-state index is 12.6. The molecule has 7 nitrogen and oxygen atoms in total. The number of methoxy groups -OCH3 is 1. The van der Waals surface area contributed by atoms with Crippen LogP contribution >= 0.6 is 0 Å². The Balaban J connectivity index is 1.64. The summed E-state index contributed by atoms with van der Waals surface area (Å²) in [5.41, 5.74) is 1.73. The fraction of sp³-hybridized carbons (Fsp3) is 0.450. The second-order valence-corrected chi connectivity index (χ2v) is 6.78. The van der Waals surface area contributed by atoms with Crippen LogP contribution in [0.1, 0.15) is 30.8 Å². The SMILES string of the molecule is COC1CC(CC(=O)O)N(C(=O)CCc2nc(C)c(-c3ccccc3)o2)C1. The average molecular weight is 372 g/mol. The molecule has 2 unspecified atom stereocenters. The van der Waals surface area contributed by atoms with Gasteiger partial charge in [0.15, 0.2) is 11.7 Å². The molecular weight excluding hydrogens is 348 g/mol. The van der Waals surface area contributed by atoms with E-state index < -0.39 is 5.97 Å². The quantitative estimate of drug-likeness (QED) is 0.803. The van der Waals surface area contributed by atoms with E-state index in [1.54, 1.807) is 12.0 Å². The minimum absolute atomic E-state index is 0.0676. The topological polar surface area (TPSA) is 92.9 Å². The first-order chi connectivity index (χ1) is 13.0. The van der Waals surface area contributed by atoms with Crippen molar-refractivity contribution in [1.82, 2.24) is 9.88 Å². The van der Waals surface area contributed by atoms with Crippen LogP contribution < -0.4 is 0 Å². The van der Waals surface area contributed by atoms with Crippen molar-refractivity contribution < 1.29 is 23.8 Å². The highest BCUT2D eigenvalue weighted by atomic mass is 16.5. The van der Waals surface area contributed by atoms with Gasteiger partial charge in [-0.2, -0.15) is 0 Å². The molecule has 7 heteroatoms. The predicted molar refractivity (Wildman–Crippen MR) is 98.2 cm³/mol. The number of aryl methyl sites for hydroxylation is 2. The monoisotopic (exact) mass is 372 g/mol. The number of amides is 1. The molecule has 27 heavy (non-hydrogen) atoms. The summed E-state index contributed by atoms with van der Waals surface area (Å²) < 4.78 is 11.2. The largest absolute Gasteiger partial charge is 0.481 e.